The number of carbonyl (C=O) groups excluding carboxylic acids is 1. The first-order valence-electron chi connectivity index (χ1n) is 7.51. The Morgan fingerprint density at radius 1 is 1.41 bits per heavy atom. The van der Waals surface area contributed by atoms with Gasteiger partial charge < -0.3 is 15.0 Å². The summed E-state index contributed by atoms with van der Waals surface area (Å²) < 4.78 is 6.16. The molecular weight excluding hydrogens is 320 g/mol. The Hall–Kier alpha value is -0.780. The number of rotatable bonds is 6. The summed E-state index contributed by atoms with van der Waals surface area (Å²) in [4.78, 5) is 14.8. The number of ether oxygens (including phenoxy) is 1. The molecule has 0 saturated heterocycles. The van der Waals surface area contributed by atoms with Gasteiger partial charge in [0.1, 0.15) is 5.60 Å². The Bertz CT molecular complexity index is 485. The molecule has 0 aliphatic heterocycles. The maximum atomic E-state index is 11.9. The van der Waals surface area contributed by atoms with E-state index in [1.165, 1.54) is 4.88 Å². The van der Waals surface area contributed by atoms with E-state index in [1.54, 1.807) is 23.3 Å². The number of amides is 1. The Labute approximate surface area is 142 Å². The van der Waals surface area contributed by atoms with Crippen LogP contribution in [-0.4, -0.2) is 36.7 Å². The normalized spacial score (nSPS) is 14.5. The van der Waals surface area contributed by atoms with Crippen LogP contribution < -0.4 is 5.32 Å². The summed E-state index contributed by atoms with van der Waals surface area (Å²) >= 11 is 7.55. The molecule has 1 aromatic heterocycles. The van der Waals surface area contributed by atoms with Crippen LogP contribution in [0.4, 0.5) is 4.79 Å². The minimum atomic E-state index is -0.459. The van der Waals surface area contributed by atoms with Crippen LogP contribution in [-0.2, 0) is 4.74 Å². The Morgan fingerprint density at radius 3 is 2.55 bits per heavy atom. The third-order valence-electron chi connectivity index (χ3n) is 3.08. The molecule has 4 nitrogen and oxygen atoms in total. The fourth-order valence-corrected chi connectivity index (χ4v) is 3.07. The molecule has 0 radical (unpaired) electrons. The van der Waals surface area contributed by atoms with Gasteiger partial charge in [-0.25, -0.2) is 4.79 Å². The maximum Gasteiger partial charge on any atom is 0.410 e. The van der Waals surface area contributed by atoms with E-state index in [0.717, 1.165) is 10.9 Å². The lowest BCUT2D eigenvalue weighted by molar-refractivity contribution is 0.0276. The van der Waals surface area contributed by atoms with E-state index in [0.29, 0.717) is 12.5 Å². The van der Waals surface area contributed by atoms with Crippen molar-refractivity contribution in [2.24, 2.45) is 5.92 Å². The second kappa shape index (κ2) is 8.18. The predicted molar refractivity (Wildman–Crippen MR) is 93.8 cm³/mol. The quantitative estimate of drug-likeness (QED) is 0.821. The van der Waals surface area contributed by atoms with Gasteiger partial charge in [-0.15, -0.1) is 11.3 Å². The summed E-state index contributed by atoms with van der Waals surface area (Å²) in [6.45, 7) is 11.3. The van der Waals surface area contributed by atoms with Crippen molar-refractivity contribution in [3.8, 4) is 0 Å². The molecule has 0 bridgehead atoms. The zero-order valence-electron chi connectivity index (χ0n) is 14.3. The van der Waals surface area contributed by atoms with Gasteiger partial charge in [0.15, 0.2) is 0 Å². The summed E-state index contributed by atoms with van der Waals surface area (Å²) in [5, 5.41) is 3.48. The molecular formula is C16H27ClN2O2S. The van der Waals surface area contributed by atoms with E-state index in [9.17, 15) is 4.79 Å². The summed E-state index contributed by atoms with van der Waals surface area (Å²) in [5.41, 5.74) is -0.459. The molecule has 0 saturated carbocycles. The van der Waals surface area contributed by atoms with Gasteiger partial charge in [0, 0.05) is 24.5 Å². The standard InChI is InChI=1S/C16H27ClN2O2S/c1-11(10-19(6)15(20)21-16(3,4)5)9-18-12(2)13-7-8-14(17)22-13/h7-8,11-12,18H,9-10H2,1-6H3. The number of hydrogen-bond acceptors (Lipinski definition) is 4. The number of hydrogen-bond donors (Lipinski definition) is 1. The maximum absolute atomic E-state index is 11.9. The number of halogens is 1. The van der Waals surface area contributed by atoms with Gasteiger partial charge in [-0.1, -0.05) is 18.5 Å². The number of thiophene rings is 1. The number of nitrogens with one attached hydrogen (secondary N) is 1. The average molecular weight is 347 g/mol. The first kappa shape index (κ1) is 19.3. The van der Waals surface area contributed by atoms with E-state index in [4.69, 9.17) is 16.3 Å². The van der Waals surface area contributed by atoms with Crippen molar-refractivity contribution >= 4 is 29.0 Å². The zero-order chi connectivity index (χ0) is 16.9. The second-order valence-corrected chi connectivity index (χ2v) is 8.48. The molecule has 0 fully saturated rings. The van der Waals surface area contributed by atoms with Gasteiger partial charge in [0.2, 0.25) is 0 Å². The van der Waals surface area contributed by atoms with Crippen molar-refractivity contribution in [3.05, 3.63) is 21.3 Å². The third kappa shape index (κ3) is 6.99. The molecule has 0 aliphatic rings. The molecule has 22 heavy (non-hydrogen) atoms. The number of nitrogens with zero attached hydrogens (tertiary/aromatic N) is 1. The van der Waals surface area contributed by atoms with Gasteiger partial charge in [-0.05, 0) is 52.3 Å². The number of carbonyl (C=O) groups is 1. The van der Waals surface area contributed by atoms with Crippen molar-refractivity contribution in [3.63, 3.8) is 0 Å². The van der Waals surface area contributed by atoms with Crippen LogP contribution in [0.1, 0.15) is 45.5 Å². The molecule has 1 amide bonds. The SMILES string of the molecule is CC(CNC(C)c1ccc(Cl)s1)CN(C)C(=O)OC(C)(C)C. The fourth-order valence-electron chi connectivity index (χ4n) is 1.99. The molecule has 0 aromatic carbocycles. The summed E-state index contributed by atoms with van der Waals surface area (Å²) in [5.74, 6) is 0.329. The predicted octanol–water partition coefficient (Wildman–Crippen LogP) is 4.56. The average Bonchev–Trinajstić information content (AvgIpc) is 2.80. The smallest absolute Gasteiger partial charge is 0.410 e. The summed E-state index contributed by atoms with van der Waals surface area (Å²) in [6.07, 6.45) is -0.280. The van der Waals surface area contributed by atoms with Crippen LogP contribution in [0.5, 0.6) is 0 Å². The highest BCUT2D eigenvalue weighted by atomic mass is 35.5. The van der Waals surface area contributed by atoms with E-state index >= 15 is 0 Å². The largest absolute Gasteiger partial charge is 0.444 e. The van der Waals surface area contributed by atoms with E-state index in [-0.39, 0.29) is 12.1 Å². The minimum absolute atomic E-state index is 0.256. The highest BCUT2D eigenvalue weighted by Gasteiger charge is 2.21. The molecule has 1 aromatic rings. The monoisotopic (exact) mass is 346 g/mol. The Morgan fingerprint density at radius 2 is 2.05 bits per heavy atom. The molecule has 1 heterocycles. The van der Waals surface area contributed by atoms with Gasteiger partial charge in [0.05, 0.1) is 4.34 Å². The second-order valence-electron chi connectivity index (χ2n) is 6.74. The molecule has 2 unspecified atom stereocenters. The zero-order valence-corrected chi connectivity index (χ0v) is 15.8. The molecule has 1 rings (SSSR count). The first-order valence-corrected chi connectivity index (χ1v) is 8.70. The van der Waals surface area contributed by atoms with Gasteiger partial charge in [0.25, 0.3) is 0 Å². The van der Waals surface area contributed by atoms with Crippen molar-refractivity contribution in [1.82, 2.24) is 10.2 Å². The van der Waals surface area contributed by atoms with Crippen LogP contribution >= 0.6 is 22.9 Å². The fraction of sp³-hybridized carbons (Fsp3) is 0.688. The van der Waals surface area contributed by atoms with Gasteiger partial charge in [-0.2, -0.15) is 0 Å². The molecule has 1 N–H and O–H groups in total. The van der Waals surface area contributed by atoms with Crippen molar-refractivity contribution in [1.29, 1.82) is 0 Å². The van der Waals surface area contributed by atoms with Crippen LogP contribution in [0.15, 0.2) is 12.1 Å². The summed E-state index contributed by atoms with van der Waals surface area (Å²) in [7, 11) is 1.77. The van der Waals surface area contributed by atoms with Crippen molar-refractivity contribution in [2.45, 2.75) is 46.3 Å². The molecule has 2 atom stereocenters. The topological polar surface area (TPSA) is 41.6 Å². The van der Waals surface area contributed by atoms with Crippen LogP contribution in [0.25, 0.3) is 0 Å². The first-order chi connectivity index (χ1) is 10.1. The van der Waals surface area contributed by atoms with Crippen LogP contribution in [0.2, 0.25) is 4.34 Å². The minimum Gasteiger partial charge on any atom is -0.444 e. The highest BCUT2D eigenvalue weighted by molar-refractivity contribution is 7.16. The third-order valence-corrected chi connectivity index (χ3v) is 4.50. The van der Waals surface area contributed by atoms with E-state index < -0.39 is 5.60 Å². The van der Waals surface area contributed by atoms with Crippen LogP contribution in [0.3, 0.4) is 0 Å². The van der Waals surface area contributed by atoms with Gasteiger partial charge in [-0.3, -0.25) is 0 Å². The molecule has 0 spiro atoms. The van der Waals surface area contributed by atoms with Crippen molar-refractivity contribution < 1.29 is 9.53 Å². The molecule has 0 aliphatic carbocycles. The Kier molecular flexibility index (Phi) is 7.16. The lowest BCUT2D eigenvalue weighted by atomic mass is 10.1. The summed E-state index contributed by atoms with van der Waals surface area (Å²) in [6, 6.07) is 4.22. The van der Waals surface area contributed by atoms with Crippen LogP contribution in [0, 0.1) is 5.92 Å². The van der Waals surface area contributed by atoms with E-state index in [2.05, 4.69) is 19.2 Å². The Balaban J connectivity index is 2.36. The molecule has 126 valence electrons. The lowest BCUT2D eigenvalue weighted by Crippen LogP contribution is -2.38. The lowest BCUT2D eigenvalue weighted by Gasteiger charge is -2.27. The van der Waals surface area contributed by atoms with E-state index in [1.807, 2.05) is 32.9 Å². The van der Waals surface area contributed by atoms with Gasteiger partial charge >= 0.3 is 6.09 Å². The highest BCUT2D eigenvalue weighted by Crippen LogP contribution is 2.26. The molecule has 6 heteroatoms. The van der Waals surface area contributed by atoms with Crippen molar-refractivity contribution in [2.75, 3.05) is 20.1 Å².